The van der Waals surface area contributed by atoms with Crippen molar-refractivity contribution in [3.8, 4) is 0 Å². The molecule has 0 radical (unpaired) electrons. The molecule has 0 unspecified atom stereocenters. The number of unbranched alkanes of at least 4 members (excludes halogenated alkanes) is 34. The molecule has 0 aromatic carbocycles. The van der Waals surface area contributed by atoms with Gasteiger partial charge in [-0.1, -0.05) is 232 Å². The van der Waals surface area contributed by atoms with Gasteiger partial charge in [0.2, 0.25) is 0 Å². The van der Waals surface area contributed by atoms with E-state index in [9.17, 15) is 0 Å². The Morgan fingerprint density at radius 2 is 0.326 bits per heavy atom. The Balaban J connectivity index is 0. The van der Waals surface area contributed by atoms with Crippen molar-refractivity contribution in [1.29, 1.82) is 0 Å². The molecule has 0 spiro atoms. The van der Waals surface area contributed by atoms with Gasteiger partial charge in [-0.25, -0.2) is 0 Å². The number of hydrogen-bond donors (Lipinski definition) is 0. The highest BCUT2D eigenvalue weighted by Gasteiger charge is 1.97. The lowest BCUT2D eigenvalue weighted by molar-refractivity contribution is 0.389. The van der Waals surface area contributed by atoms with Gasteiger partial charge in [0.15, 0.2) is 0 Å². The first-order valence-corrected chi connectivity index (χ1v) is 21.8. The minimum absolute atomic E-state index is 1.26. The highest BCUT2D eigenvalue weighted by atomic mass is 15.0. The maximum Gasteiger partial charge on any atom is -0.00248 e. The molecule has 0 rings (SSSR count). The normalized spacial score (nSPS) is 11.5. The zero-order chi connectivity index (χ0) is 34.0. The van der Waals surface area contributed by atoms with Gasteiger partial charge in [-0.2, -0.15) is 0 Å². The van der Waals surface area contributed by atoms with E-state index in [1.807, 2.05) is 0 Å². The first-order valence-electron chi connectivity index (χ1n) is 21.8. The van der Waals surface area contributed by atoms with Crippen LogP contribution in [0.15, 0.2) is 0 Å². The van der Waals surface area contributed by atoms with Crippen LogP contribution in [0.25, 0.3) is 0 Å². The molecule has 0 bridgehead atoms. The third-order valence-corrected chi connectivity index (χ3v) is 9.92. The first-order chi connectivity index (χ1) is 22.5. The van der Waals surface area contributed by atoms with E-state index in [1.54, 1.807) is 0 Å². The molecule has 0 heterocycles. The summed E-state index contributed by atoms with van der Waals surface area (Å²) >= 11 is 0. The van der Waals surface area contributed by atoms with Gasteiger partial charge in [0, 0.05) is 0 Å². The quantitative estimate of drug-likeness (QED) is 0.0613. The average molecular weight is 651 g/mol. The van der Waals surface area contributed by atoms with Gasteiger partial charge in [0.1, 0.15) is 0 Å². The maximum absolute atomic E-state index is 2.30. The van der Waals surface area contributed by atoms with Crippen molar-refractivity contribution in [2.24, 2.45) is 0 Å². The van der Waals surface area contributed by atoms with E-state index in [-0.39, 0.29) is 0 Å². The van der Waals surface area contributed by atoms with E-state index in [0.29, 0.717) is 0 Å². The van der Waals surface area contributed by atoms with Crippen LogP contribution >= 0.6 is 0 Å². The molecule has 0 N–H and O–H groups in total. The van der Waals surface area contributed by atoms with Gasteiger partial charge in [0.05, 0.1) is 0 Å². The molecule has 0 aliphatic heterocycles. The molecule has 46 heavy (non-hydrogen) atoms. The number of rotatable bonds is 38. The lowest BCUT2D eigenvalue weighted by Gasteiger charge is -2.08. The van der Waals surface area contributed by atoms with Crippen LogP contribution in [-0.2, 0) is 0 Å². The summed E-state index contributed by atoms with van der Waals surface area (Å²) in [6.45, 7) is 7.12. The SMILES string of the molecule is CCCCCCCCCCCCCCCCCCCCCCN(C)C.CCCCCCCCCCCCCCCCCCN(C)C. The Kier molecular flexibility index (Phi) is 46.9. The third-order valence-electron chi connectivity index (χ3n) is 9.92. The molecule has 280 valence electrons. The molecular formula is C44H94N2. The third kappa shape index (κ3) is 50.8. The van der Waals surface area contributed by atoms with Crippen molar-refractivity contribution < 1.29 is 0 Å². The second-order valence-corrected chi connectivity index (χ2v) is 15.6. The summed E-state index contributed by atoms with van der Waals surface area (Å²) in [5, 5.41) is 0. The molecule has 0 atom stereocenters. The first kappa shape index (κ1) is 48.0. The Bertz CT molecular complexity index is 488. The van der Waals surface area contributed by atoms with E-state index in [2.05, 4.69) is 51.8 Å². The molecule has 0 aliphatic carbocycles. The van der Waals surface area contributed by atoms with Crippen LogP contribution in [0.1, 0.15) is 245 Å². The van der Waals surface area contributed by atoms with Crippen LogP contribution in [0.5, 0.6) is 0 Å². The van der Waals surface area contributed by atoms with Crippen LogP contribution in [-0.4, -0.2) is 51.1 Å². The van der Waals surface area contributed by atoms with Gasteiger partial charge in [-0.05, 0) is 54.1 Å². The average Bonchev–Trinajstić information content (AvgIpc) is 3.03. The Morgan fingerprint density at radius 1 is 0.196 bits per heavy atom. The highest BCUT2D eigenvalue weighted by Crippen LogP contribution is 2.16. The summed E-state index contributed by atoms with van der Waals surface area (Å²) in [6.07, 6.45) is 52.6. The summed E-state index contributed by atoms with van der Waals surface area (Å²) in [5.74, 6) is 0. The van der Waals surface area contributed by atoms with E-state index in [0.717, 1.165) is 0 Å². The van der Waals surface area contributed by atoms with Gasteiger partial charge >= 0.3 is 0 Å². The van der Waals surface area contributed by atoms with Crippen molar-refractivity contribution in [3.63, 3.8) is 0 Å². The molecule has 2 nitrogen and oxygen atoms in total. The summed E-state index contributed by atoms with van der Waals surface area (Å²) in [7, 11) is 8.70. The van der Waals surface area contributed by atoms with Crippen molar-refractivity contribution in [2.45, 2.75) is 245 Å². The monoisotopic (exact) mass is 651 g/mol. The molecule has 0 aliphatic rings. The number of hydrogen-bond acceptors (Lipinski definition) is 2. The minimum Gasteiger partial charge on any atom is -0.309 e. The molecule has 0 fully saturated rings. The summed E-state index contributed by atoms with van der Waals surface area (Å²) < 4.78 is 0. The molecule has 0 aromatic heterocycles. The lowest BCUT2D eigenvalue weighted by Crippen LogP contribution is -2.12. The largest absolute Gasteiger partial charge is 0.309 e. The van der Waals surface area contributed by atoms with Crippen molar-refractivity contribution >= 4 is 0 Å². The Morgan fingerprint density at radius 3 is 0.457 bits per heavy atom. The van der Waals surface area contributed by atoms with Crippen LogP contribution in [0.2, 0.25) is 0 Å². The topological polar surface area (TPSA) is 6.48 Å². The number of nitrogens with zero attached hydrogens (tertiary/aromatic N) is 2. The standard InChI is InChI=1S/C24H51N.C20H43N/c1-4-5-6-7-8-9-10-11-12-13-14-15-16-17-18-19-20-21-22-23-24-25(2)3;1-4-5-6-7-8-9-10-11-12-13-14-15-16-17-18-19-20-21(2)3/h4-24H2,1-3H3;4-20H2,1-3H3. The Hall–Kier alpha value is -0.0800. The van der Waals surface area contributed by atoms with Crippen LogP contribution in [0.3, 0.4) is 0 Å². The fourth-order valence-corrected chi connectivity index (χ4v) is 6.66. The molecule has 0 amide bonds. The van der Waals surface area contributed by atoms with Gasteiger partial charge in [-0.3, -0.25) is 0 Å². The van der Waals surface area contributed by atoms with Crippen molar-refractivity contribution in [2.75, 3.05) is 41.3 Å². The lowest BCUT2D eigenvalue weighted by atomic mass is 10.0. The van der Waals surface area contributed by atoms with E-state index in [4.69, 9.17) is 0 Å². The molecule has 0 saturated carbocycles. The van der Waals surface area contributed by atoms with Crippen LogP contribution in [0, 0.1) is 0 Å². The minimum atomic E-state index is 1.26. The fraction of sp³-hybridized carbons (Fsp3) is 1.00. The van der Waals surface area contributed by atoms with E-state index >= 15 is 0 Å². The van der Waals surface area contributed by atoms with Gasteiger partial charge in [-0.15, -0.1) is 0 Å². The zero-order valence-electron chi connectivity index (χ0n) is 33.8. The second-order valence-electron chi connectivity index (χ2n) is 15.6. The Labute approximate surface area is 295 Å². The van der Waals surface area contributed by atoms with Crippen molar-refractivity contribution in [1.82, 2.24) is 9.80 Å². The maximum atomic E-state index is 2.30. The van der Waals surface area contributed by atoms with E-state index < -0.39 is 0 Å². The van der Waals surface area contributed by atoms with Gasteiger partial charge < -0.3 is 9.80 Å². The van der Waals surface area contributed by atoms with Crippen LogP contribution < -0.4 is 0 Å². The predicted molar refractivity (Wildman–Crippen MR) is 215 cm³/mol. The molecule has 2 heteroatoms. The molecule has 0 saturated heterocycles. The smallest absolute Gasteiger partial charge is 0.00248 e. The summed E-state index contributed by atoms with van der Waals surface area (Å²) in [6, 6.07) is 0. The second kappa shape index (κ2) is 44.9. The summed E-state index contributed by atoms with van der Waals surface area (Å²) in [5.41, 5.74) is 0. The fourth-order valence-electron chi connectivity index (χ4n) is 6.66. The zero-order valence-corrected chi connectivity index (χ0v) is 33.8. The molecular weight excluding hydrogens is 556 g/mol. The molecule has 0 aromatic rings. The highest BCUT2D eigenvalue weighted by molar-refractivity contribution is 4.53. The summed E-state index contributed by atoms with van der Waals surface area (Å²) in [4.78, 5) is 4.60. The van der Waals surface area contributed by atoms with E-state index in [1.165, 1.54) is 244 Å². The van der Waals surface area contributed by atoms with Crippen LogP contribution in [0.4, 0.5) is 0 Å². The van der Waals surface area contributed by atoms with Gasteiger partial charge in [0.25, 0.3) is 0 Å². The predicted octanol–water partition coefficient (Wildman–Crippen LogP) is 15.2. The van der Waals surface area contributed by atoms with Crippen molar-refractivity contribution in [3.05, 3.63) is 0 Å².